The molecule has 0 bridgehead atoms. The molecule has 0 aromatic carbocycles. The Labute approximate surface area is 126 Å². The molecule has 0 radical (unpaired) electrons. The second kappa shape index (κ2) is 5.59. The maximum absolute atomic E-state index is 12.7. The lowest BCUT2D eigenvalue weighted by Gasteiger charge is -2.35. The highest BCUT2D eigenvalue weighted by Crippen LogP contribution is 2.33. The Kier molecular flexibility index (Phi) is 3.79. The fourth-order valence-corrected chi connectivity index (χ4v) is 3.60. The van der Waals surface area contributed by atoms with Crippen LogP contribution in [0.2, 0.25) is 0 Å². The summed E-state index contributed by atoms with van der Waals surface area (Å²) in [6, 6.07) is 3.67. The van der Waals surface area contributed by atoms with E-state index in [1.807, 2.05) is 13.0 Å². The van der Waals surface area contributed by atoms with Gasteiger partial charge in [0.05, 0.1) is 24.5 Å². The number of thiophene rings is 1. The van der Waals surface area contributed by atoms with E-state index in [0.717, 1.165) is 10.2 Å². The number of nitrogens with two attached hydrogens (primary N) is 1. The minimum absolute atomic E-state index is 0.0996. The fraction of sp³-hybridized carbons (Fsp3) is 0.429. The zero-order chi connectivity index (χ0) is 15.0. The number of aliphatic hydroxyl groups excluding tert-OH is 1. The van der Waals surface area contributed by atoms with Gasteiger partial charge in [-0.05, 0) is 19.1 Å². The third-order valence-electron chi connectivity index (χ3n) is 3.52. The second-order valence-electron chi connectivity index (χ2n) is 5.16. The van der Waals surface area contributed by atoms with Crippen LogP contribution in [0.1, 0.15) is 16.6 Å². The van der Waals surface area contributed by atoms with Crippen molar-refractivity contribution in [1.82, 2.24) is 9.88 Å². The number of carbonyl (C=O) groups is 1. The zero-order valence-corrected chi connectivity index (χ0v) is 12.5. The predicted molar refractivity (Wildman–Crippen MR) is 81.4 cm³/mol. The first-order valence-corrected chi connectivity index (χ1v) is 7.60. The average molecular weight is 307 g/mol. The van der Waals surface area contributed by atoms with E-state index < -0.39 is 0 Å². The summed E-state index contributed by atoms with van der Waals surface area (Å²) in [5.74, 6) is -0.121. The number of aromatic nitrogens is 1. The van der Waals surface area contributed by atoms with Crippen LogP contribution in [0.3, 0.4) is 0 Å². The highest BCUT2D eigenvalue weighted by Gasteiger charge is 2.30. The van der Waals surface area contributed by atoms with Crippen LogP contribution in [0.15, 0.2) is 18.3 Å². The van der Waals surface area contributed by atoms with Crippen molar-refractivity contribution in [3.63, 3.8) is 0 Å². The number of morpholine rings is 1. The third-order valence-corrected chi connectivity index (χ3v) is 4.63. The summed E-state index contributed by atoms with van der Waals surface area (Å²) in [6.45, 7) is 2.66. The molecule has 2 unspecified atom stereocenters. The third kappa shape index (κ3) is 2.59. The van der Waals surface area contributed by atoms with Crippen molar-refractivity contribution >= 4 is 33.1 Å². The Morgan fingerprint density at radius 3 is 3.14 bits per heavy atom. The largest absolute Gasteiger partial charge is 0.397 e. The molecule has 7 heteroatoms. The van der Waals surface area contributed by atoms with E-state index in [-0.39, 0.29) is 24.7 Å². The van der Waals surface area contributed by atoms with Crippen LogP contribution in [0, 0.1) is 0 Å². The number of anilines is 1. The number of rotatable bonds is 2. The molecule has 1 saturated heterocycles. The maximum Gasteiger partial charge on any atom is 0.266 e. The van der Waals surface area contributed by atoms with E-state index in [2.05, 4.69) is 4.98 Å². The first-order chi connectivity index (χ1) is 10.1. The topological polar surface area (TPSA) is 88.7 Å². The number of amides is 1. The van der Waals surface area contributed by atoms with Crippen LogP contribution in [0.25, 0.3) is 10.2 Å². The fourth-order valence-electron chi connectivity index (χ4n) is 2.57. The van der Waals surface area contributed by atoms with Crippen LogP contribution in [0.4, 0.5) is 5.69 Å². The lowest BCUT2D eigenvalue weighted by molar-refractivity contribution is -0.0857. The molecule has 3 rings (SSSR count). The van der Waals surface area contributed by atoms with Gasteiger partial charge in [0.25, 0.3) is 5.91 Å². The van der Waals surface area contributed by atoms with Gasteiger partial charge in [-0.2, -0.15) is 0 Å². The molecule has 0 saturated carbocycles. The molecule has 21 heavy (non-hydrogen) atoms. The maximum atomic E-state index is 12.7. The predicted octanol–water partition coefficient (Wildman–Crippen LogP) is 1.10. The number of hydrogen-bond donors (Lipinski definition) is 2. The molecule has 2 aromatic rings. The number of nitrogens with zero attached hydrogens (tertiary/aromatic N) is 2. The standard InChI is InChI=1S/C14H17N3O3S/c1-8-5-17(6-9(7-18)20-8)14(19)12-11(15)10-3-2-4-16-13(10)21-12/h2-4,8-9,18H,5-7,15H2,1H3. The number of fused-ring (bicyclic) bond motifs is 1. The van der Waals surface area contributed by atoms with Crippen LogP contribution >= 0.6 is 11.3 Å². The molecule has 112 valence electrons. The van der Waals surface area contributed by atoms with Gasteiger partial charge in [0.15, 0.2) is 0 Å². The SMILES string of the molecule is CC1CN(C(=O)c2sc3ncccc3c2N)CC(CO)O1. The van der Waals surface area contributed by atoms with Crippen LogP contribution < -0.4 is 5.73 Å². The van der Waals surface area contributed by atoms with E-state index in [0.29, 0.717) is 23.7 Å². The van der Waals surface area contributed by atoms with E-state index >= 15 is 0 Å². The Hall–Kier alpha value is -1.70. The van der Waals surface area contributed by atoms with Gasteiger partial charge in [-0.1, -0.05) is 0 Å². The van der Waals surface area contributed by atoms with Crippen LogP contribution in [-0.2, 0) is 4.74 Å². The van der Waals surface area contributed by atoms with E-state index in [4.69, 9.17) is 10.5 Å². The van der Waals surface area contributed by atoms with Crippen molar-refractivity contribution in [2.24, 2.45) is 0 Å². The molecular weight excluding hydrogens is 290 g/mol. The average Bonchev–Trinajstić information content (AvgIpc) is 2.83. The number of hydrogen-bond acceptors (Lipinski definition) is 6. The molecule has 0 spiro atoms. The lowest BCUT2D eigenvalue weighted by atomic mass is 10.2. The number of aliphatic hydroxyl groups is 1. The molecule has 1 aliphatic heterocycles. The molecule has 2 atom stereocenters. The molecule has 1 amide bonds. The molecule has 3 N–H and O–H groups in total. The normalized spacial score (nSPS) is 22.7. The quantitative estimate of drug-likeness (QED) is 0.867. The summed E-state index contributed by atoms with van der Waals surface area (Å²) in [6.07, 6.45) is 1.24. The monoisotopic (exact) mass is 307 g/mol. The summed E-state index contributed by atoms with van der Waals surface area (Å²) in [5, 5.41) is 10.1. The Morgan fingerprint density at radius 1 is 1.62 bits per heavy atom. The molecular formula is C14H17N3O3S. The van der Waals surface area contributed by atoms with Gasteiger partial charge in [-0.25, -0.2) is 4.98 Å². The number of pyridine rings is 1. The molecule has 3 heterocycles. The van der Waals surface area contributed by atoms with Crippen LogP contribution in [-0.4, -0.2) is 52.8 Å². The van der Waals surface area contributed by atoms with Crippen molar-refractivity contribution < 1.29 is 14.6 Å². The Balaban J connectivity index is 1.91. The number of ether oxygens (including phenoxy) is 1. The lowest BCUT2D eigenvalue weighted by Crippen LogP contribution is -2.50. The molecule has 1 aliphatic rings. The first kappa shape index (κ1) is 14.2. The minimum atomic E-state index is -0.341. The summed E-state index contributed by atoms with van der Waals surface area (Å²) >= 11 is 1.31. The molecule has 2 aromatic heterocycles. The Morgan fingerprint density at radius 2 is 2.43 bits per heavy atom. The van der Waals surface area contributed by atoms with Crippen molar-refractivity contribution in [2.75, 3.05) is 25.4 Å². The molecule has 0 aliphatic carbocycles. The molecule has 6 nitrogen and oxygen atoms in total. The van der Waals surface area contributed by atoms with Gasteiger partial charge in [-0.3, -0.25) is 4.79 Å². The van der Waals surface area contributed by atoms with Gasteiger partial charge in [0, 0.05) is 24.7 Å². The van der Waals surface area contributed by atoms with Gasteiger partial charge in [0.2, 0.25) is 0 Å². The smallest absolute Gasteiger partial charge is 0.266 e. The van der Waals surface area contributed by atoms with Crippen molar-refractivity contribution in [3.8, 4) is 0 Å². The van der Waals surface area contributed by atoms with Gasteiger partial charge in [0.1, 0.15) is 9.71 Å². The van der Waals surface area contributed by atoms with Crippen molar-refractivity contribution in [1.29, 1.82) is 0 Å². The summed E-state index contributed by atoms with van der Waals surface area (Å²) in [5.41, 5.74) is 6.57. The number of nitrogen functional groups attached to an aromatic ring is 1. The van der Waals surface area contributed by atoms with Gasteiger partial charge < -0.3 is 20.5 Å². The first-order valence-electron chi connectivity index (χ1n) is 6.78. The highest BCUT2D eigenvalue weighted by atomic mass is 32.1. The Bertz CT molecular complexity index is 673. The second-order valence-corrected chi connectivity index (χ2v) is 6.16. The van der Waals surface area contributed by atoms with Crippen molar-refractivity contribution in [3.05, 3.63) is 23.2 Å². The van der Waals surface area contributed by atoms with Crippen LogP contribution in [0.5, 0.6) is 0 Å². The minimum Gasteiger partial charge on any atom is -0.397 e. The van der Waals surface area contributed by atoms with Gasteiger partial charge >= 0.3 is 0 Å². The summed E-state index contributed by atoms with van der Waals surface area (Å²) in [4.78, 5) is 19.9. The van der Waals surface area contributed by atoms with E-state index in [1.165, 1.54) is 11.3 Å². The highest BCUT2D eigenvalue weighted by molar-refractivity contribution is 7.21. The van der Waals surface area contributed by atoms with Crippen molar-refractivity contribution in [2.45, 2.75) is 19.1 Å². The van der Waals surface area contributed by atoms with E-state index in [9.17, 15) is 9.90 Å². The summed E-state index contributed by atoms with van der Waals surface area (Å²) in [7, 11) is 0. The van der Waals surface area contributed by atoms with Gasteiger partial charge in [-0.15, -0.1) is 11.3 Å². The number of carbonyl (C=O) groups excluding carboxylic acids is 1. The zero-order valence-electron chi connectivity index (χ0n) is 11.7. The van der Waals surface area contributed by atoms with E-state index in [1.54, 1.807) is 17.2 Å². The molecule has 1 fully saturated rings. The summed E-state index contributed by atoms with van der Waals surface area (Å²) < 4.78 is 5.56.